The molecule has 2 rings (SSSR count). The second-order valence-corrected chi connectivity index (χ2v) is 4.94. The van der Waals surface area contributed by atoms with Crippen molar-refractivity contribution in [2.24, 2.45) is 0 Å². The lowest BCUT2D eigenvalue weighted by atomic mass is 10.0. The van der Waals surface area contributed by atoms with Gasteiger partial charge in [0.1, 0.15) is 5.75 Å². The van der Waals surface area contributed by atoms with Crippen molar-refractivity contribution in [2.75, 3.05) is 13.7 Å². The summed E-state index contributed by atoms with van der Waals surface area (Å²) in [5, 5.41) is 14.8. The Kier molecular flexibility index (Phi) is 4.40. The molecule has 0 amide bonds. The summed E-state index contributed by atoms with van der Waals surface area (Å²) in [4.78, 5) is 0. The predicted molar refractivity (Wildman–Crippen MR) is 78.6 cm³/mol. The standard InChI is InChI=1S/C16H21NO2/c1-11(10-18)17-12(2)13-4-5-15-9-16(19-3)7-6-14(15)8-13/h4-9,11-12,17-18H,10H2,1-3H3. The zero-order valence-electron chi connectivity index (χ0n) is 11.7. The van der Waals surface area contributed by atoms with Crippen molar-refractivity contribution in [3.63, 3.8) is 0 Å². The first kappa shape index (κ1) is 13.8. The third-order valence-corrected chi connectivity index (χ3v) is 3.38. The van der Waals surface area contributed by atoms with Crippen LogP contribution in [0.1, 0.15) is 25.5 Å². The molecule has 2 N–H and O–H groups in total. The summed E-state index contributed by atoms with van der Waals surface area (Å²) >= 11 is 0. The average molecular weight is 259 g/mol. The van der Waals surface area contributed by atoms with Crippen LogP contribution in [0.3, 0.4) is 0 Å². The van der Waals surface area contributed by atoms with E-state index in [-0.39, 0.29) is 18.7 Å². The molecule has 0 heterocycles. The number of benzene rings is 2. The van der Waals surface area contributed by atoms with Crippen molar-refractivity contribution < 1.29 is 9.84 Å². The highest BCUT2D eigenvalue weighted by atomic mass is 16.5. The molecule has 0 fully saturated rings. The van der Waals surface area contributed by atoms with Crippen LogP contribution in [0.5, 0.6) is 5.75 Å². The number of nitrogens with one attached hydrogen (secondary N) is 1. The molecule has 2 aromatic rings. The molecule has 0 aromatic heterocycles. The van der Waals surface area contributed by atoms with Crippen LogP contribution in [-0.2, 0) is 0 Å². The quantitative estimate of drug-likeness (QED) is 0.867. The fourth-order valence-corrected chi connectivity index (χ4v) is 2.21. The predicted octanol–water partition coefficient (Wildman–Crippen LogP) is 2.88. The normalized spacial score (nSPS) is 14.3. The van der Waals surface area contributed by atoms with Gasteiger partial charge in [-0.25, -0.2) is 0 Å². The van der Waals surface area contributed by atoms with E-state index in [1.165, 1.54) is 16.3 Å². The van der Waals surface area contributed by atoms with Crippen molar-refractivity contribution >= 4 is 10.8 Å². The third kappa shape index (κ3) is 3.25. The van der Waals surface area contributed by atoms with Crippen LogP contribution < -0.4 is 10.1 Å². The number of ether oxygens (including phenoxy) is 1. The van der Waals surface area contributed by atoms with E-state index in [4.69, 9.17) is 9.84 Å². The summed E-state index contributed by atoms with van der Waals surface area (Å²) in [5.41, 5.74) is 1.22. The molecule has 19 heavy (non-hydrogen) atoms. The van der Waals surface area contributed by atoms with E-state index in [1.807, 2.05) is 19.1 Å². The van der Waals surface area contributed by atoms with Gasteiger partial charge in [-0.1, -0.05) is 18.2 Å². The summed E-state index contributed by atoms with van der Waals surface area (Å²) in [6, 6.07) is 12.8. The van der Waals surface area contributed by atoms with Crippen molar-refractivity contribution in [1.29, 1.82) is 0 Å². The maximum Gasteiger partial charge on any atom is 0.119 e. The molecule has 0 aliphatic carbocycles. The minimum absolute atomic E-state index is 0.0987. The Morgan fingerprint density at radius 2 is 1.79 bits per heavy atom. The lowest BCUT2D eigenvalue weighted by molar-refractivity contribution is 0.243. The minimum atomic E-state index is 0.0987. The van der Waals surface area contributed by atoms with E-state index in [9.17, 15) is 0 Å². The highest BCUT2D eigenvalue weighted by molar-refractivity contribution is 5.84. The van der Waals surface area contributed by atoms with Gasteiger partial charge in [0, 0.05) is 12.1 Å². The maximum atomic E-state index is 9.08. The number of hydrogen-bond donors (Lipinski definition) is 2. The Balaban J connectivity index is 2.26. The molecule has 102 valence electrons. The van der Waals surface area contributed by atoms with E-state index in [0.29, 0.717) is 0 Å². The molecule has 0 radical (unpaired) electrons. The zero-order valence-corrected chi connectivity index (χ0v) is 11.7. The van der Waals surface area contributed by atoms with Gasteiger partial charge in [0.25, 0.3) is 0 Å². The number of aliphatic hydroxyl groups is 1. The first-order valence-corrected chi connectivity index (χ1v) is 6.58. The minimum Gasteiger partial charge on any atom is -0.497 e. The number of fused-ring (bicyclic) bond motifs is 1. The van der Waals surface area contributed by atoms with Gasteiger partial charge in [-0.2, -0.15) is 0 Å². The molecule has 3 heteroatoms. The van der Waals surface area contributed by atoms with Gasteiger partial charge in [0.2, 0.25) is 0 Å². The van der Waals surface area contributed by atoms with Crippen LogP contribution in [0.2, 0.25) is 0 Å². The van der Waals surface area contributed by atoms with Gasteiger partial charge in [-0.3, -0.25) is 0 Å². The van der Waals surface area contributed by atoms with Crippen molar-refractivity contribution in [2.45, 2.75) is 25.9 Å². The highest BCUT2D eigenvalue weighted by Crippen LogP contribution is 2.24. The summed E-state index contributed by atoms with van der Waals surface area (Å²) < 4.78 is 5.23. The van der Waals surface area contributed by atoms with Crippen molar-refractivity contribution in [3.8, 4) is 5.75 Å². The Morgan fingerprint density at radius 1 is 1.11 bits per heavy atom. The second-order valence-electron chi connectivity index (χ2n) is 4.94. The van der Waals surface area contributed by atoms with E-state index < -0.39 is 0 Å². The molecule has 0 bridgehead atoms. The first-order chi connectivity index (χ1) is 9.13. The molecular weight excluding hydrogens is 238 g/mol. The summed E-state index contributed by atoms with van der Waals surface area (Å²) in [6.07, 6.45) is 0. The number of methoxy groups -OCH3 is 1. The molecule has 0 spiro atoms. The monoisotopic (exact) mass is 259 g/mol. The number of aliphatic hydroxyl groups excluding tert-OH is 1. The lowest BCUT2D eigenvalue weighted by Gasteiger charge is -2.19. The Hall–Kier alpha value is -1.58. The SMILES string of the molecule is COc1ccc2cc(C(C)NC(C)CO)ccc2c1. The van der Waals surface area contributed by atoms with Crippen LogP contribution in [0, 0.1) is 0 Å². The van der Waals surface area contributed by atoms with Gasteiger partial charge in [0.05, 0.1) is 13.7 Å². The molecule has 0 saturated carbocycles. The van der Waals surface area contributed by atoms with Gasteiger partial charge < -0.3 is 15.2 Å². The number of rotatable bonds is 5. The fourth-order valence-electron chi connectivity index (χ4n) is 2.21. The molecular formula is C16H21NO2. The average Bonchev–Trinajstić information content (AvgIpc) is 2.45. The summed E-state index contributed by atoms with van der Waals surface area (Å²) in [6.45, 7) is 4.23. The van der Waals surface area contributed by atoms with Gasteiger partial charge >= 0.3 is 0 Å². The Labute approximate surface area is 114 Å². The van der Waals surface area contributed by atoms with Crippen LogP contribution in [-0.4, -0.2) is 24.9 Å². The number of hydrogen-bond acceptors (Lipinski definition) is 3. The molecule has 3 nitrogen and oxygen atoms in total. The second kappa shape index (κ2) is 6.04. The maximum absolute atomic E-state index is 9.08. The summed E-state index contributed by atoms with van der Waals surface area (Å²) in [5.74, 6) is 0.875. The Bertz CT molecular complexity index is 553. The molecule has 2 aromatic carbocycles. The van der Waals surface area contributed by atoms with Crippen LogP contribution in [0.15, 0.2) is 36.4 Å². The zero-order chi connectivity index (χ0) is 13.8. The third-order valence-electron chi connectivity index (χ3n) is 3.38. The lowest BCUT2D eigenvalue weighted by Crippen LogP contribution is -2.31. The molecule has 0 aliphatic rings. The molecule has 2 atom stereocenters. The van der Waals surface area contributed by atoms with Gasteiger partial charge in [0.15, 0.2) is 0 Å². The Morgan fingerprint density at radius 3 is 2.47 bits per heavy atom. The van der Waals surface area contributed by atoms with E-state index in [2.05, 4.69) is 36.5 Å². The molecule has 2 unspecified atom stereocenters. The van der Waals surface area contributed by atoms with Crippen molar-refractivity contribution in [1.82, 2.24) is 5.32 Å². The van der Waals surface area contributed by atoms with Crippen LogP contribution >= 0.6 is 0 Å². The van der Waals surface area contributed by atoms with Gasteiger partial charge in [-0.15, -0.1) is 0 Å². The van der Waals surface area contributed by atoms with Crippen molar-refractivity contribution in [3.05, 3.63) is 42.0 Å². The van der Waals surface area contributed by atoms with Crippen LogP contribution in [0.25, 0.3) is 10.8 Å². The van der Waals surface area contributed by atoms with E-state index >= 15 is 0 Å². The molecule has 0 saturated heterocycles. The summed E-state index contributed by atoms with van der Waals surface area (Å²) in [7, 11) is 1.68. The smallest absolute Gasteiger partial charge is 0.119 e. The van der Waals surface area contributed by atoms with Crippen LogP contribution in [0.4, 0.5) is 0 Å². The van der Waals surface area contributed by atoms with Gasteiger partial charge in [-0.05, 0) is 48.4 Å². The first-order valence-electron chi connectivity index (χ1n) is 6.58. The molecule has 0 aliphatic heterocycles. The highest BCUT2D eigenvalue weighted by Gasteiger charge is 2.09. The topological polar surface area (TPSA) is 41.5 Å². The fraction of sp³-hybridized carbons (Fsp3) is 0.375. The van der Waals surface area contributed by atoms with E-state index in [1.54, 1.807) is 7.11 Å². The van der Waals surface area contributed by atoms with E-state index in [0.717, 1.165) is 5.75 Å². The largest absolute Gasteiger partial charge is 0.497 e.